The van der Waals surface area contributed by atoms with Gasteiger partial charge in [0, 0.05) is 30.2 Å². The van der Waals surface area contributed by atoms with E-state index in [-0.39, 0.29) is 29.1 Å². The van der Waals surface area contributed by atoms with Gasteiger partial charge in [-0.05, 0) is 36.8 Å². The first-order chi connectivity index (χ1) is 13.8. The molecule has 2 rings (SSSR count). The fraction of sp³-hybridized carbons (Fsp3) is 0.381. The van der Waals surface area contributed by atoms with Crippen molar-refractivity contribution >= 4 is 27.7 Å². The van der Waals surface area contributed by atoms with E-state index in [1.54, 1.807) is 56.3 Å². The molecule has 8 heteroatoms. The van der Waals surface area contributed by atoms with Crippen LogP contribution < -0.4 is 5.32 Å². The van der Waals surface area contributed by atoms with Gasteiger partial charge in [-0.2, -0.15) is 4.31 Å². The van der Waals surface area contributed by atoms with E-state index in [0.29, 0.717) is 23.7 Å². The summed E-state index contributed by atoms with van der Waals surface area (Å²) in [7, 11) is -3.50. The summed E-state index contributed by atoms with van der Waals surface area (Å²) in [5.74, 6) is 0.0489. The average Bonchev–Trinajstić information content (AvgIpc) is 2.70. The number of sulfonamides is 1. The summed E-state index contributed by atoms with van der Waals surface area (Å²) < 4.78 is 40.1. The molecule has 5 nitrogen and oxygen atoms in total. The second kappa shape index (κ2) is 10.8. The number of thioether (sulfide) groups is 1. The lowest BCUT2D eigenvalue weighted by molar-refractivity contribution is -0.121. The van der Waals surface area contributed by atoms with Crippen molar-refractivity contribution < 1.29 is 17.6 Å². The number of rotatable bonds is 10. The van der Waals surface area contributed by atoms with Gasteiger partial charge in [0.2, 0.25) is 15.9 Å². The lowest BCUT2D eigenvalue weighted by atomic mass is 10.1. The maximum absolute atomic E-state index is 13.6. The third kappa shape index (κ3) is 6.29. The predicted molar refractivity (Wildman–Crippen MR) is 115 cm³/mol. The molecule has 0 spiro atoms. The Balaban J connectivity index is 1.91. The summed E-state index contributed by atoms with van der Waals surface area (Å²) in [4.78, 5) is 12.9. The molecule has 0 aliphatic heterocycles. The van der Waals surface area contributed by atoms with Gasteiger partial charge < -0.3 is 5.32 Å². The van der Waals surface area contributed by atoms with E-state index in [9.17, 15) is 17.6 Å². The highest BCUT2D eigenvalue weighted by atomic mass is 32.2. The zero-order valence-corrected chi connectivity index (χ0v) is 18.5. The summed E-state index contributed by atoms with van der Waals surface area (Å²) in [6.07, 6.45) is 0.262. The average molecular weight is 439 g/mol. The Morgan fingerprint density at radius 3 is 2.31 bits per heavy atom. The molecule has 1 amide bonds. The minimum Gasteiger partial charge on any atom is -0.350 e. The third-order valence-corrected chi connectivity index (χ3v) is 7.64. The largest absolute Gasteiger partial charge is 0.350 e. The quantitative estimate of drug-likeness (QED) is 0.564. The molecule has 0 bridgehead atoms. The van der Waals surface area contributed by atoms with Gasteiger partial charge in [0.25, 0.3) is 0 Å². The Bertz CT molecular complexity index is 914. The first kappa shape index (κ1) is 23.4. The zero-order valence-electron chi connectivity index (χ0n) is 16.9. The van der Waals surface area contributed by atoms with E-state index in [2.05, 4.69) is 5.32 Å². The molecule has 2 aromatic rings. The molecule has 0 saturated heterocycles. The molecule has 0 aromatic heterocycles. The van der Waals surface area contributed by atoms with Crippen molar-refractivity contribution in [3.05, 3.63) is 59.9 Å². The van der Waals surface area contributed by atoms with Crippen molar-refractivity contribution in [2.75, 3.05) is 18.8 Å². The maximum Gasteiger partial charge on any atom is 0.243 e. The molecule has 0 aliphatic rings. The minimum absolute atomic E-state index is 0.138. The summed E-state index contributed by atoms with van der Waals surface area (Å²) in [5, 5.41) is 2.89. The maximum atomic E-state index is 13.6. The van der Waals surface area contributed by atoms with Gasteiger partial charge in [0.05, 0.1) is 10.9 Å². The van der Waals surface area contributed by atoms with E-state index >= 15 is 0 Å². The number of hydrogen-bond donors (Lipinski definition) is 1. The Labute approximate surface area is 176 Å². The van der Waals surface area contributed by atoms with Crippen molar-refractivity contribution in [3.63, 3.8) is 0 Å². The Hall–Kier alpha value is -1.90. The molecule has 1 unspecified atom stereocenters. The van der Waals surface area contributed by atoms with Crippen LogP contribution in [0.3, 0.4) is 0 Å². The van der Waals surface area contributed by atoms with E-state index in [4.69, 9.17) is 0 Å². The van der Waals surface area contributed by atoms with Crippen molar-refractivity contribution in [2.24, 2.45) is 0 Å². The van der Waals surface area contributed by atoms with E-state index in [1.165, 1.54) is 22.1 Å². The number of halogens is 1. The first-order valence-electron chi connectivity index (χ1n) is 9.56. The molecule has 0 heterocycles. The number of nitrogens with zero attached hydrogens (tertiary/aromatic N) is 1. The zero-order chi connectivity index (χ0) is 21.4. The van der Waals surface area contributed by atoms with E-state index in [1.807, 2.05) is 6.92 Å². The molecular weight excluding hydrogens is 411 g/mol. The number of carbonyl (C=O) groups excluding carboxylic acids is 1. The standard InChI is InChI=1S/C21H27FN2O3S2/c1-4-24(5-2)29(26,27)18-12-10-17(11-13-18)16(3)23-21(25)14-15-28-20-9-7-6-8-19(20)22/h6-13,16H,4-5,14-15H2,1-3H3,(H,23,25). The van der Waals surface area contributed by atoms with Crippen LogP contribution in [0.1, 0.15) is 38.8 Å². The van der Waals surface area contributed by atoms with Crippen LogP contribution in [0.4, 0.5) is 4.39 Å². The monoisotopic (exact) mass is 438 g/mol. The number of carbonyl (C=O) groups is 1. The van der Waals surface area contributed by atoms with Crippen LogP contribution in [0.25, 0.3) is 0 Å². The van der Waals surface area contributed by atoms with Crippen LogP contribution in [-0.2, 0) is 14.8 Å². The second-order valence-corrected chi connectivity index (χ2v) is 9.55. The Morgan fingerprint density at radius 1 is 1.10 bits per heavy atom. The normalized spacial score (nSPS) is 12.7. The van der Waals surface area contributed by atoms with Crippen LogP contribution in [-0.4, -0.2) is 37.5 Å². The van der Waals surface area contributed by atoms with Gasteiger partial charge in [0.1, 0.15) is 5.82 Å². The molecule has 0 radical (unpaired) electrons. The summed E-state index contributed by atoms with van der Waals surface area (Å²) in [6, 6.07) is 12.8. The molecule has 1 N–H and O–H groups in total. The van der Waals surface area contributed by atoms with Gasteiger partial charge in [-0.3, -0.25) is 4.79 Å². The topological polar surface area (TPSA) is 66.5 Å². The lowest BCUT2D eigenvalue weighted by Crippen LogP contribution is -2.30. The molecular formula is C21H27FN2O3S2. The van der Waals surface area contributed by atoms with Crippen LogP contribution in [0.2, 0.25) is 0 Å². The highest BCUT2D eigenvalue weighted by molar-refractivity contribution is 7.99. The molecule has 1 atom stereocenters. The number of nitrogens with one attached hydrogen (secondary N) is 1. The molecule has 29 heavy (non-hydrogen) atoms. The number of hydrogen-bond acceptors (Lipinski definition) is 4. The smallest absolute Gasteiger partial charge is 0.243 e. The van der Waals surface area contributed by atoms with Crippen LogP contribution in [0.15, 0.2) is 58.3 Å². The van der Waals surface area contributed by atoms with E-state index < -0.39 is 10.0 Å². The SMILES string of the molecule is CCN(CC)S(=O)(=O)c1ccc(C(C)NC(=O)CCSc2ccccc2F)cc1. The van der Waals surface area contributed by atoms with Gasteiger partial charge in [-0.15, -0.1) is 11.8 Å². The highest BCUT2D eigenvalue weighted by Crippen LogP contribution is 2.22. The highest BCUT2D eigenvalue weighted by Gasteiger charge is 2.21. The number of benzene rings is 2. The lowest BCUT2D eigenvalue weighted by Gasteiger charge is -2.19. The summed E-state index contributed by atoms with van der Waals surface area (Å²) in [5.41, 5.74) is 0.818. The van der Waals surface area contributed by atoms with Gasteiger partial charge >= 0.3 is 0 Å². The number of amides is 1. The van der Waals surface area contributed by atoms with Crippen LogP contribution >= 0.6 is 11.8 Å². The minimum atomic E-state index is -3.50. The molecule has 2 aromatic carbocycles. The molecule has 158 valence electrons. The van der Waals surface area contributed by atoms with Gasteiger partial charge in [-0.25, -0.2) is 12.8 Å². The summed E-state index contributed by atoms with van der Waals surface area (Å²) in [6.45, 7) is 6.28. The fourth-order valence-corrected chi connectivity index (χ4v) is 5.20. The predicted octanol–water partition coefficient (Wildman–Crippen LogP) is 4.22. The van der Waals surface area contributed by atoms with Crippen molar-refractivity contribution in [1.29, 1.82) is 0 Å². The van der Waals surface area contributed by atoms with Crippen LogP contribution in [0.5, 0.6) is 0 Å². The van der Waals surface area contributed by atoms with Crippen LogP contribution in [0, 0.1) is 5.82 Å². The van der Waals surface area contributed by atoms with Gasteiger partial charge in [-0.1, -0.05) is 38.1 Å². The van der Waals surface area contributed by atoms with Gasteiger partial charge in [0.15, 0.2) is 0 Å². The second-order valence-electron chi connectivity index (χ2n) is 6.48. The van der Waals surface area contributed by atoms with E-state index in [0.717, 1.165) is 5.56 Å². The van der Waals surface area contributed by atoms with Crippen molar-refractivity contribution in [3.8, 4) is 0 Å². The molecule has 0 aliphatic carbocycles. The molecule has 0 saturated carbocycles. The fourth-order valence-electron chi connectivity index (χ4n) is 2.85. The Kier molecular flexibility index (Phi) is 8.67. The Morgan fingerprint density at radius 2 is 1.72 bits per heavy atom. The molecule has 0 fully saturated rings. The first-order valence-corrected chi connectivity index (χ1v) is 12.0. The van der Waals surface area contributed by atoms with Crippen molar-refractivity contribution in [1.82, 2.24) is 9.62 Å². The third-order valence-electron chi connectivity index (χ3n) is 4.52. The van der Waals surface area contributed by atoms with Crippen molar-refractivity contribution in [2.45, 2.75) is 43.0 Å². The summed E-state index contributed by atoms with van der Waals surface area (Å²) >= 11 is 1.30.